The fourth-order valence-corrected chi connectivity index (χ4v) is 3.20. The largest absolute Gasteiger partial charge is 0.466 e. The molecule has 0 saturated carbocycles. The zero-order valence-corrected chi connectivity index (χ0v) is 13.1. The van der Waals surface area contributed by atoms with E-state index in [0.717, 1.165) is 0 Å². The second-order valence-electron chi connectivity index (χ2n) is 5.22. The van der Waals surface area contributed by atoms with E-state index in [9.17, 15) is 14.4 Å². The Bertz CT molecular complexity index is 597. The number of allylic oxidation sites excluding steroid dienone is 1. The van der Waals surface area contributed by atoms with Gasteiger partial charge in [0.2, 0.25) is 11.6 Å². The number of esters is 2. The highest BCUT2D eigenvalue weighted by atomic mass is 16.7. The van der Waals surface area contributed by atoms with Crippen LogP contribution in [0.2, 0.25) is 0 Å². The monoisotopic (exact) mass is 310 g/mol. The van der Waals surface area contributed by atoms with Crippen molar-refractivity contribution in [1.29, 1.82) is 0 Å². The van der Waals surface area contributed by atoms with Gasteiger partial charge in [-0.25, -0.2) is 9.59 Å². The van der Waals surface area contributed by atoms with Gasteiger partial charge < -0.3 is 18.9 Å². The molecule has 2 bridgehead atoms. The second kappa shape index (κ2) is 5.33. The van der Waals surface area contributed by atoms with E-state index in [-0.39, 0.29) is 11.1 Å². The SMILES string of the molecule is COC(=O)C1=C(C(=O)OC)[C@]2(C)C=C[C@H]1C(OC)(OC)C2=O. The molecule has 3 aliphatic carbocycles. The van der Waals surface area contributed by atoms with Crippen LogP contribution in [0.15, 0.2) is 23.3 Å². The van der Waals surface area contributed by atoms with Crippen LogP contribution in [0, 0.1) is 11.3 Å². The molecule has 7 nitrogen and oxygen atoms in total. The van der Waals surface area contributed by atoms with Crippen LogP contribution in [0.25, 0.3) is 0 Å². The van der Waals surface area contributed by atoms with Crippen LogP contribution in [-0.2, 0) is 33.3 Å². The normalized spacial score (nSPS) is 28.8. The number of hydrogen-bond acceptors (Lipinski definition) is 7. The second-order valence-corrected chi connectivity index (χ2v) is 5.22. The summed E-state index contributed by atoms with van der Waals surface area (Å²) in [7, 11) is 5.00. The highest BCUT2D eigenvalue weighted by Crippen LogP contribution is 2.53. The third-order valence-electron chi connectivity index (χ3n) is 4.32. The zero-order chi connectivity index (χ0) is 16.7. The average molecular weight is 310 g/mol. The maximum absolute atomic E-state index is 12.9. The van der Waals surface area contributed by atoms with E-state index in [2.05, 4.69) is 0 Å². The fraction of sp³-hybridized carbons (Fsp3) is 0.533. The zero-order valence-electron chi connectivity index (χ0n) is 13.1. The maximum Gasteiger partial charge on any atom is 0.335 e. The van der Waals surface area contributed by atoms with Crippen LogP contribution in [-0.4, -0.2) is 51.9 Å². The van der Waals surface area contributed by atoms with Crippen molar-refractivity contribution >= 4 is 17.7 Å². The van der Waals surface area contributed by atoms with Crippen LogP contribution >= 0.6 is 0 Å². The lowest BCUT2D eigenvalue weighted by Gasteiger charge is -2.49. The Labute approximate surface area is 127 Å². The van der Waals surface area contributed by atoms with Crippen LogP contribution in [0.1, 0.15) is 6.92 Å². The molecule has 7 heteroatoms. The molecule has 3 rings (SSSR count). The van der Waals surface area contributed by atoms with Gasteiger partial charge in [-0.3, -0.25) is 4.79 Å². The Morgan fingerprint density at radius 2 is 1.59 bits per heavy atom. The molecule has 3 aliphatic rings. The number of ether oxygens (including phenoxy) is 4. The van der Waals surface area contributed by atoms with Gasteiger partial charge in [-0.2, -0.15) is 0 Å². The summed E-state index contributed by atoms with van der Waals surface area (Å²) in [6, 6.07) is 0. The van der Waals surface area contributed by atoms with Gasteiger partial charge in [-0.1, -0.05) is 12.2 Å². The molecule has 0 N–H and O–H groups in total. The molecule has 0 aliphatic heterocycles. The minimum Gasteiger partial charge on any atom is -0.466 e. The summed E-state index contributed by atoms with van der Waals surface area (Å²) in [5, 5.41) is 0. The molecule has 0 fully saturated rings. The first-order valence-corrected chi connectivity index (χ1v) is 6.59. The van der Waals surface area contributed by atoms with Crippen molar-refractivity contribution in [2.24, 2.45) is 11.3 Å². The lowest BCUT2D eigenvalue weighted by atomic mass is 9.59. The Morgan fingerprint density at radius 3 is 2.05 bits per heavy atom. The van der Waals surface area contributed by atoms with Crippen molar-refractivity contribution in [3.8, 4) is 0 Å². The van der Waals surface area contributed by atoms with E-state index in [1.54, 1.807) is 12.2 Å². The summed E-state index contributed by atoms with van der Waals surface area (Å²) in [5.74, 6) is -4.52. The highest BCUT2D eigenvalue weighted by Gasteiger charge is 2.65. The molecule has 0 aromatic heterocycles. The van der Waals surface area contributed by atoms with Crippen LogP contribution in [0.4, 0.5) is 0 Å². The highest BCUT2D eigenvalue weighted by molar-refractivity contribution is 6.14. The standard InChI is InChI=1S/C15H18O7/c1-14-7-6-8(15(21-4,22-5)13(14)18)9(11(16)19-2)10(14)12(17)20-3/h6-8H,1-5H3/t8-,14+/m1/s1. The number of carbonyl (C=O) groups is 3. The average Bonchev–Trinajstić information content (AvgIpc) is 2.54. The van der Waals surface area contributed by atoms with E-state index in [1.807, 2.05) is 0 Å². The lowest BCUT2D eigenvalue weighted by Crippen LogP contribution is -2.62. The summed E-state index contributed by atoms with van der Waals surface area (Å²) < 4.78 is 20.1. The third-order valence-corrected chi connectivity index (χ3v) is 4.32. The molecule has 22 heavy (non-hydrogen) atoms. The molecular weight excluding hydrogens is 292 g/mol. The molecule has 0 unspecified atom stereocenters. The lowest BCUT2D eigenvalue weighted by molar-refractivity contribution is -0.229. The van der Waals surface area contributed by atoms with Crippen LogP contribution in [0.5, 0.6) is 0 Å². The number of Topliss-reactive ketones (excluding diaryl/α,β-unsaturated/α-hetero) is 1. The molecule has 2 atom stereocenters. The minimum absolute atomic E-state index is 0.0163. The molecular formula is C15H18O7. The molecule has 120 valence electrons. The van der Waals surface area contributed by atoms with Gasteiger partial charge in [-0.15, -0.1) is 0 Å². The van der Waals surface area contributed by atoms with E-state index >= 15 is 0 Å². The number of ketones is 1. The Morgan fingerprint density at radius 1 is 1.05 bits per heavy atom. The van der Waals surface area contributed by atoms with Crippen LogP contribution < -0.4 is 0 Å². The Kier molecular flexibility index (Phi) is 3.97. The summed E-state index contributed by atoms with van der Waals surface area (Å²) in [4.78, 5) is 37.3. The van der Waals surface area contributed by atoms with Gasteiger partial charge >= 0.3 is 11.9 Å². The first-order valence-electron chi connectivity index (χ1n) is 6.59. The summed E-state index contributed by atoms with van der Waals surface area (Å²) in [6.07, 6.45) is 3.18. The number of hydrogen-bond donors (Lipinski definition) is 0. The molecule has 0 spiro atoms. The van der Waals surface area contributed by atoms with Crippen molar-refractivity contribution in [3.05, 3.63) is 23.3 Å². The van der Waals surface area contributed by atoms with Crippen molar-refractivity contribution in [1.82, 2.24) is 0 Å². The van der Waals surface area contributed by atoms with Crippen molar-refractivity contribution < 1.29 is 33.3 Å². The molecule has 0 radical (unpaired) electrons. The van der Waals surface area contributed by atoms with Crippen molar-refractivity contribution in [3.63, 3.8) is 0 Å². The number of fused-ring (bicyclic) bond motifs is 1. The Balaban J connectivity index is 2.81. The summed E-state index contributed by atoms with van der Waals surface area (Å²) in [5.41, 5.74) is -1.41. The van der Waals surface area contributed by atoms with Crippen LogP contribution in [0.3, 0.4) is 0 Å². The van der Waals surface area contributed by atoms with Gasteiger partial charge in [0, 0.05) is 14.2 Å². The smallest absolute Gasteiger partial charge is 0.335 e. The minimum atomic E-state index is -1.68. The first kappa shape index (κ1) is 16.4. The summed E-state index contributed by atoms with van der Waals surface area (Å²) >= 11 is 0. The fourth-order valence-electron chi connectivity index (χ4n) is 3.20. The van der Waals surface area contributed by atoms with E-state index in [0.29, 0.717) is 0 Å². The quantitative estimate of drug-likeness (QED) is 0.422. The topological polar surface area (TPSA) is 88.1 Å². The first-order chi connectivity index (χ1) is 10.3. The molecule has 0 heterocycles. The summed E-state index contributed by atoms with van der Waals surface area (Å²) in [6.45, 7) is 1.52. The predicted molar refractivity (Wildman–Crippen MR) is 73.6 cm³/mol. The Hall–Kier alpha value is -1.99. The number of carbonyl (C=O) groups excluding carboxylic acids is 3. The van der Waals surface area contributed by atoms with Gasteiger partial charge in [0.15, 0.2) is 0 Å². The number of rotatable bonds is 4. The third kappa shape index (κ3) is 1.79. The van der Waals surface area contributed by atoms with Gasteiger partial charge in [0.05, 0.1) is 36.7 Å². The predicted octanol–water partition coefficient (Wildman–Crippen LogP) is 0.393. The molecule has 0 amide bonds. The molecule has 0 aromatic rings. The van der Waals surface area contributed by atoms with Crippen molar-refractivity contribution in [2.45, 2.75) is 12.7 Å². The maximum atomic E-state index is 12.9. The number of methoxy groups -OCH3 is 4. The van der Waals surface area contributed by atoms with E-state index in [4.69, 9.17) is 18.9 Å². The van der Waals surface area contributed by atoms with Gasteiger partial charge in [0.1, 0.15) is 0 Å². The molecule has 0 saturated heterocycles. The molecule has 0 aromatic carbocycles. The van der Waals surface area contributed by atoms with Crippen molar-refractivity contribution in [2.75, 3.05) is 28.4 Å². The van der Waals surface area contributed by atoms with E-state index < -0.39 is 34.8 Å². The van der Waals surface area contributed by atoms with E-state index in [1.165, 1.54) is 35.4 Å². The van der Waals surface area contributed by atoms with Gasteiger partial charge in [-0.05, 0) is 6.92 Å². The van der Waals surface area contributed by atoms with Gasteiger partial charge in [0.25, 0.3) is 0 Å².